The zero-order chi connectivity index (χ0) is 14.4. The predicted molar refractivity (Wildman–Crippen MR) is 75.5 cm³/mol. The van der Waals surface area contributed by atoms with Gasteiger partial charge in [-0.2, -0.15) is 0 Å². The van der Waals surface area contributed by atoms with Crippen LogP contribution in [0.25, 0.3) is 11.6 Å². The number of rotatable bonds is 1. The quantitative estimate of drug-likeness (QED) is 0.614. The van der Waals surface area contributed by atoms with Gasteiger partial charge in [0.1, 0.15) is 5.82 Å². The Morgan fingerprint density at radius 2 is 2.19 bits per heavy atom. The van der Waals surface area contributed by atoms with Crippen molar-refractivity contribution in [1.29, 1.82) is 0 Å². The normalized spacial score (nSPS) is 18.2. The number of fused-ring (bicyclic) bond motifs is 2. The second-order valence-corrected chi connectivity index (χ2v) is 4.89. The van der Waals surface area contributed by atoms with Crippen molar-refractivity contribution in [3.8, 4) is 0 Å². The molecule has 2 N–H and O–H groups in total. The number of ether oxygens (including phenoxy) is 1. The first kappa shape index (κ1) is 11.9. The van der Waals surface area contributed by atoms with E-state index in [1.165, 1.54) is 0 Å². The van der Waals surface area contributed by atoms with E-state index in [0.717, 1.165) is 16.8 Å². The molecule has 0 aromatic carbocycles. The molecule has 4 heterocycles. The summed E-state index contributed by atoms with van der Waals surface area (Å²) in [5.74, 6) is 0.0501. The fraction of sp³-hybridized carbons (Fsp3) is 0.133. The van der Waals surface area contributed by atoms with Gasteiger partial charge in [0, 0.05) is 30.1 Å². The number of carbonyl (C=O) groups excluding carboxylic acids is 2. The van der Waals surface area contributed by atoms with Crippen LogP contribution in [0.5, 0.6) is 0 Å². The fourth-order valence-corrected chi connectivity index (χ4v) is 2.68. The molecule has 0 fully saturated rings. The molecule has 6 heteroatoms. The number of aromatic amines is 1. The Labute approximate surface area is 119 Å². The molecule has 2 aromatic rings. The summed E-state index contributed by atoms with van der Waals surface area (Å²) in [4.78, 5) is 30.9. The number of pyridine rings is 1. The molecule has 0 unspecified atom stereocenters. The van der Waals surface area contributed by atoms with E-state index in [1.807, 2.05) is 6.07 Å². The Balaban J connectivity index is 1.83. The summed E-state index contributed by atoms with van der Waals surface area (Å²) in [6.45, 7) is 0.365. The maximum absolute atomic E-state index is 12.1. The van der Waals surface area contributed by atoms with Gasteiger partial charge < -0.3 is 15.0 Å². The molecular formula is C15H11N3O3. The van der Waals surface area contributed by atoms with Crippen LogP contribution in [0.2, 0.25) is 0 Å². The average Bonchev–Trinajstić information content (AvgIpc) is 3.03. The van der Waals surface area contributed by atoms with Gasteiger partial charge in [0.25, 0.3) is 5.91 Å². The van der Waals surface area contributed by atoms with Gasteiger partial charge in [-0.3, -0.25) is 4.79 Å². The van der Waals surface area contributed by atoms with E-state index in [0.29, 0.717) is 30.0 Å². The largest absolute Gasteiger partial charge is 0.462 e. The highest BCUT2D eigenvalue weighted by atomic mass is 16.5. The molecule has 0 radical (unpaired) electrons. The minimum Gasteiger partial charge on any atom is -0.462 e. The van der Waals surface area contributed by atoms with Crippen molar-refractivity contribution < 1.29 is 14.3 Å². The van der Waals surface area contributed by atoms with Crippen molar-refractivity contribution in [3.63, 3.8) is 0 Å². The van der Waals surface area contributed by atoms with Crippen LogP contribution < -0.4 is 5.32 Å². The lowest BCUT2D eigenvalue weighted by Crippen LogP contribution is -2.16. The molecule has 2 aliphatic rings. The third-order valence-electron chi connectivity index (χ3n) is 3.69. The summed E-state index contributed by atoms with van der Waals surface area (Å²) in [5.41, 5.74) is 3.51. The molecule has 0 saturated carbocycles. The van der Waals surface area contributed by atoms with Crippen LogP contribution in [0.1, 0.15) is 27.2 Å². The number of cyclic esters (lactones) is 1. The molecule has 21 heavy (non-hydrogen) atoms. The van der Waals surface area contributed by atoms with Crippen molar-refractivity contribution in [3.05, 3.63) is 46.9 Å². The minimum absolute atomic E-state index is 0.189. The van der Waals surface area contributed by atoms with Crippen LogP contribution in [0.15, 0.2) is 24.5 Å². The number of nitrogens with one attached hydrogen (secondary N) is 2. The highest BCUT2D eigenvalue weighted by Crippen LogP contribution is 2.32. The van der Waals surface area contributed by atoms with E-state index in [1.54, 1.807) is 24.5 Å². The number of carbonyl (C=O) groups is 2. The molecule has 0 aliphatic carbocycles. The summed E-state index contributed by atoms with van der Waals surface area (Å²) >= 11 is 0. The second-order valence-electron chi connectivity index (χ2n) is 4.89. The van der Waals surface area contributed by atoms with Gasteiger partial charge in [0.05, 0.1) is 17.7 Å². The molecule has 2 aliphatic heterocycles. The summed E-state index contributed by atoms with van der Waals surface area (Å²) < 4.78 is 5.00. The van der Waals surface area contributed by atoms with Crippen molar-refractivity contribution in [2.45, 2.75) is 6.42 Å². The van der Waals surface area contributed by atoms with E-state index in [4.69, 9.17) is 4.74 Å². The molecule has 4 rings (SSSR count). The molecular weight excluding hydrogens is 270 g/mol. The average molecular weight is 281 g/mol. The second kappa shape index (κ2) is 4.31. The summed E-state index contributed by atoms with van der Waals surface area (Å²) in [6.07, 6.45) is 5.67. The van der Waals surface area contributed by atoms with Crippen molar-refractivity contribution in [1.82, 2.24) is 9.97 Å². The lowest BCUT2D eigenvalue weighted by molar-refractivity contribution is -0.110. The lowest BCUT2D eigenvalue weighted by atomic mass is 10.0. The molecule has 0 spiro atoms. The topological polar surface area (TPSA) is 84.1 Å². The first-order valence-electron chi connectivity index (χ1n) is 6.60. The Kier molecular flexibility index (Phi) is 2.44. The maximum atomic E-state index is 12.1. The number of hydrogen-bond acceptors (Lipinski definition) is 4. The van der Waals surface area contributed by atoms with E-state index in [-0.39, 0.29) is 11.9 Å². The SMILES string of the molecule is O=C1Nc2ncccc2C1=Cc1[nH]cc2c1CCOC2=O. The van der Waals surface area contributed by atoms with Gasteiger partial charge in [0.2, 0.25) is 0 Å². The van der Waals surface area contributed by atoms with Crippen LogP contribution in [0.3, 0.4) is 0 Å². The highest BCUT2D eigenvalue weighted by molar-refractivity contribution is 6.34. The van der Waals surface area contributed by atoms with Crippen LogP contribution in [-0.2, 0) is 16.0 Å². The highest BCUT2D eigenvalue weighted by Gasteiger charge is 2.27. The number of esters is 1. The first-order chi connectivity index (χ1) is 10.2. The number of H-pyrrole nitrogens is 1. The van der Waals surface area contributed by atoms with Gasteiger partial charge >= 0.3 is 5.97 Å². The Morgan fingerprint density at radius 3 is 3.10 bits per heavy atom. The molecule has 2 aromatic heterocycles. The van der Waals surface area contributed by atoms with Crippen molar-refractivity contribution in [2.24, 2.45) is 0 Å². The Morgan fingerprint density at radius 1 is 1.29 bits per heavy atom. The molecule has 6 nitrogen and oxygen atoms in total. The first-order valence-corrected chi connectivity index (χ1v) is 6.60. The zero-order valence-electron chi connectivity index (χ0n) is 11.0. The number of anilines is 1. The third kappa shape index (κ3) is 1.76. The molecule has 104 valence electrons. The van der Waals surface area contributed by atoms with Crippen LogP contribution >= 0.6 is 0 Å². The van der Waals surface area contributed by atoms with Gasteiger partial charge in [-0.1, -0.05) is 0 Å². The smallest absolute Gasteiger partial charge is 0.339 e. The molecule has 0 saturated heterocycles. The van der Waals surface area contributed by atoms with Gasteiger partial charge in [0.15, 0.2) is 0 Å². The molecule has 0 bridgehead atoms. The summed E-state index contributed by atoms with van der Waals surface area (Å²) in [7, 11) is 0. The van der Waals surface area contributed by atoms with E-state index in [9.17, 15) is 9.59 Å². The van der Waals surface area contributed by atoms with Crippen LogP contribution in [0, 0.1) is 0 Å². The molecule has 1 amide bonds. The lowest BCUT2D eigenvalue weighted by Gasteiger charge is -2.12. The van der Waals surface area contributed by atoms with Gasteiger partial charge in [-0.05, 0) is 23.8 Å². The third-order valence-corrected chi connectivity index (χ3v) is 3.69. The number of aromatic nitrogens is 2. The Hall–Kier alpha value is -2.89. The van der Waals surface area contributed by atoms with Crippen molar-refractivity contribution >= 4 is 29.3 Å². The van der Waals surface area contributed by atoms with Gasteiger partial charge in [-0.15, -0.1) is 0 Å². The minimum atomic E-state index is -0.324. The van der Waals surface area contributed by atoms with Gasteiger partial charge in [-0.25, -0.2) is 9.78 Å². The Bertz CT molecular complexity index is 804. The number of amides is 1. The number of nitrogens with zero attached hydrogens (tertiary/aromatic N) is 1. The molecule has 0 atom stereocenters. The zero-order valence-corrected chi connectivity index (χ0v) is 11.0. The fourth-order valence-electron chi connectivity index (χ4n) is 2.68. The van der Waals surface area contributed by atoms with Crippen molar-refractivity contribution in [2.75, 3.05) is 11.9 Å². The van der Waals surface area contributed by atoms with Crippen LogP contribution in [-0.4, -0.2) is 28.5 Å². The van der Waals surface area contributed by atoms with Crippen LogP contribution in [0.4, 0.5) is 5.82 Å². The monoisotopic (exact) mass is 281 g/mol. The summed E-state index contributed by atoms with van der Waals surface area (Å²) in [6, 6.07) is 3.63. The van der Waals surface area contributed by atoms with E-state index < -0.39 is 0 Å². The standard InChI is InChI=1S/C15H11N3O3/c19-14-10(9-2-1-4-16-13(9)18-14)6-12-8-3-5-21-15(20)11(8)7-17-12/h1-2,4,6-7,17H,3,5H2,(H,16,18,19). The van der Waals surface area contributed by atoms with E-state index in [2.05, 4.69) is 15.3 Å². The summed E-state index contributed by atoms with van der Waals surface area (Å²) in [5, 5.41) is 2.72. The predicted octanol–water partition coefficient (Wildman–Crippen LogP) is 1.62. The van der Waals surface area contributed by atoms with E-state index >= 15 is 0 Å². The maximum Gasteiger partial charge on any atom is 0.339 e. The number of hydrogen-bond donors (Lipinski definition) is 2.